The third-order valence-electron chi connectivity index (χ3n) is 10.5. The molecule has 2 bridgehead atoms. The van der Waals surface area contributed by atoms with Gasteiger partial charge in [-0.05, 0) is 44.9 Å². The van der Waals surface area contributed by atoms with Gasteiger partial charge >= 0.3 is 12.2 Å². The SMILES string of the molecule is C=CCOC(=O)Oc1c(C)c2c(c3c1CC1[C@@H]4c5c(cc(C)c(OC)c5OCOC)C[C@H]([C@H](C#N)N1[C@H]3CNC(=O)OCC(Cl)(CI)CI)N4C)OCO2. The number of amides is 1. The van der Waals surface area contributed by atoms with E-state index in [4.69, 9.17) is 49.5 Å². The highest BCUT2D eigenvalue weighted by atomic mass is 127. The van der Waals surface area contributed by atoms with E-state index in [0.717, 1.165) is 16.7 Å². The lowest BCUT2D eigenvalue weighted by atomic mass is 9.71. The summed E-state index contributed by atoms with van der Waals surface area (Å²) in [6.45, 7) is 7.29. The molecule has 54 heavy (non-hydrogen) atoms. The third kappa shape index (κ3) is 7.36. The van der Waals surface area contributed by atoms with Crippen LogP contribution < -0.4 is 29.0 Å². The molecule has 1 fully saturated rings. The summed E-state index contributed by atoms with van der Waals surface area (Å²) >= 11 is 11.0. The van der Waals surface area contributed by atoms with E-state index in [0.29, 0.717) is 61.4 Å². The lowest BCUT2D eigenvalue weighted by molar-refractivity contribution is -0.0731. The molecule has 4 aliphatic rings. The molecule has 5 atom stereocenters. The molecule has 0 saturated carbocycles. The van der Waals surface area contributed by atoms with Gasteiger partial charge in [0.25, 0.3) is 0 Å². The first-order valence-corrected chi connectivity index (χ1v) is 20.7. The number of fused-ring (bicyclic) bond motifs is 9. The average molecular weight is 993 g/mol. The standard InChI is InChI=1S/C37H43ClI2N4O10/c1-7-8-49-36(46)54-31-20(3)32-34(53-18-52-32)28-22(31)11-24-29-27-21(9-19(2)30(48-6)33(27)51-17-47-5)10-23(43(29)4)25(12-41)44(24)26(28)13-42-35(45)50-16-37(38,14-39)15-40/h7,9,23-26,29H,1,8,10-11,13-18H2,2-6H3,(H,42,45)/t23-,24?,25+,26+,29-/m1/s1. The fourth-order valence-corrected chi connectivity index (χ4v) is 10.2. The van der Waals surface area contributed by atoms with Crippen LogP contribution in [0.25, 0.3) is 0 Å². The van der Waals surface area contributed by atoms with Gasteiger partial charge in [-0.2, -0.15) is 5.26 Å². The maximum absolute atomic E-state index is 13.4. The van der Waals surface area contributed by atoms with Crippen molar-refractivity contribution < 1.29 is 47.5 Å². The van der Waals surface area contributed by atoms with E-state index in [1.165, 1.54) is 6.08 Å². The van der Waals surface area contributed by atoms with Gasteiger partial charge in [0.05, 0.1) is 30.1 Å². The fourth-order valence-electron chi connectivity index (χ4n) is 8.18. The minimum absolute atomic E-state index is 0.00820. The topological polar surface area (TPSA) is 150 Å². The van der Waals surface area contributed by atoms with E-state index in [1.54, 1.807) is 21.1 Å². The number of nitrogens with zero attached hydrogens (tertiary/aromatic N) is 3. The number of alkyl carbamates (subject to hydrolysis) is 1. The van der Waals surface area contributed by atoms with Crippen LogP contribution in [0.5, 0.6) is 28.7 Å². The number of nitrogens with one attached hydrogen (secondary N) is 1. The Morgan fingerprint density at radius 2 is 1.85 bits per heavy atom. The molecule has 0 spiro atoms. The van der Waals surface area contributed by atoms with Crippen LogP contribution in [-0.4, -0.2) is 109 Å². The van der Waals surface area contributed by atoms with E-state index in [2.05, 4.69) is 79.0 Å². The smallest absolute Gasteiger partial charge is 0.493 e. The number of hydrogen-bond donors (Lipinski definition) is 1. The Hall–Kier alpha value is -2.96. The molecule has 4 aliphatic heterocycles. The Labute approximate surface area is 346 Å². The zero-order valence-corrected chi connectivity index (χ0v) is 35.7. The van der Waals surface area contributed by atoms with Gasteiger partial charge in [0.1, 0.15) is 25.0 Å². The highest BCUT2D eigenvalue weighted by Gasteiger charge is 2.57. The molecule has 14 nitrogen and oxygen atoms in total. The summed E-state index contributed by atoms with van der Waals surface area (Å²) in [5.41, 5.74) is 4.71. The van der Waals surface area contributed by atoms with Crippen molar-refractivity contribution in [2.24, 2.45) is 0 Å². The van der Waals surface area contributed by atoms with Crippen LogP contribution >= 0.6 is 56.8 Å². The molecule has 2 aromatic rings. The van der Waals surface area contributed by atoms with Gasteiger partial charge in [0.15, 0.2) is 29.8 Å². The van der Waals surface area contributed by atoms with Crippen molar-refractivity contribution in [2.75, 3.05) is 63.5 Å². The molecule has 1 unspecified atom stereocenters. The molecular weight excluding hydrogens is 950 g/mol. The van der Waals surface area contributed by atoms with Gasteiger partial charge in [-0.3, -0.25) is 9.80 Å². The average Bonchev–Trinajstić information content (AvgIpc) is 3.66. The van der Waals surface area contributed by atoms with Gasteiger partial charge in [-0.15, -0.1) is 11.6 Å². The summed E-state index contributed by atoms with van der Waals surface area (Å²) in [4.78, 5) is 30.1. The number of carbonyl (C=O) groups excluding carboxylic acids is 2. The Bertz CT molecular complexity index is 1840. The van der Waals surface area contributed by atoms with E-state index in [1.807, 2.05) is 14.0 Å². The number of benzene rings is 2. The number of nitriles is 1. The minimum Gasteiger partial charge on any atom is -0.493 e. The number of rotatable bonds is 13. The number of piperazine rings is 1. The predicted molar refractivity (Wildman–Crippen MR) is 215 cm³/mol. The minimum atomic E-state index is -0.913. The van der Waals surface area contributed by atoms with Crippen LogP contribution in [0.2, 0.25) is 0 Å². The van der Waals surface area contributed by atoms with Gasteiger partial charge < -0.3 is 43.2 Å². The third-order valence-corrected chi connectivity index (χ3v) is 14.7. The number of alkyl halides is 3. The van der Waals surface area contributed by atoms with Crippen molar-refractivity contribution in [3.05, 3.63) is 52.1 Å². The molecule has 1 N–H and O–H groups in total. The summed E-state index contributed by atoms with van der Waals surface area (Å²) in [7, 11) is 5.18. The first kappa shape index (κ1) is 40.7. The number of ether oxygens (including phenoxy) is 8. The summed E-state index contributed by atoms with van der Waals surface area (Å²) in [5.74, 6) is 2.28. The Morgan fingerprint density at radius 3 is 2.52 bits per heavy atom. The largest absolute Gasteiger partial charge is 0.514 e. The van der Waals surface area contributed by atoms with Crippen LogP contribution in [0.15, 0.2) is 18.7 Å². The molecule has 1 amide bonds. The molecular formula is C37H43ClI2N4O10. The second-order valence-electron chi connectivity index (χ2n) is 13.6. The second kappa shape index (κ2) is 17.0. The lowest BCUT2D eigenvalue weighted by Gasteiger charge is -2.60. The number of likely N-dealkylation sites (N-methyl/N-ethyl adjacent to an activating group) is 1. The molecule has 2 aromatic carbocycles. The van der Waals surface area contributed by atoms with Crippen molar-refractivity contribution in [1.29, 1.82) is 5.26 Å². The second-order valence-corrected chi connectivity index (χ2v) is 15.9. The molecule has 4 heterocycles. The maximum atomic E-state index is 13.4. The van der Waals surface area contributed by atoms with Crippen LogP contribution in [0, 0.1) is 25.2 Å². The van der Waals surface area contributed by atoms with Crippen LogP contribution in [0.3, 0.4) is 0 Å². The Morgan fingerprint density at radius 1 is 1.11 bits per heavy atom. The van der Waals surface area contributed by atoms with Gasteiger partial charge in [0, 0.05) is 56.8 Å². The molecule has 1 saturated heterocycles. The summed E-state index contributed by atoms with van der Waals surface area (Å²) < 4.78 is 47.7. The van der Waals surface area contributed by atoms with Crippen molar-refractivity contribution in [1.82, 2.24) is 15.1 Å². The van der Waals surface area contributed by atoms with E-state index < -0.39 is 35.2 Å². The monoisotopic (exact) mass is 992 g/mol. The molecule has 17 heteroatoms. The van der Waals surface area contributed by atoms with Crippen LogP contribution in [0.1, 0.15) is 45.5 Å². The Kier molecular flexibility index (Phi) is 12.8. The maximum Gasteiger partial charge on any atom is 0.514 e. The summed E-state index contributed by atoms with van der Waals surface area (Å²) in [5, 5.41) is 14.0. The van der Waals surface area contributed by atoms with Gasteiger partial charge in [0.2, 0.25) is 6.79 Å². The van der Waals surface area contributed by atoms with Crippen molar-refractivity contribution in [2.45, 2.75) is 61.8 Å². The number of methoxy groups -OCH3 is 2. The highest BCUT2D eigenvalue weighted by molar-refractivity contribution is 14.1. The number of aryl methyl sites for hydroxylation is 1. The summed E-state index contributed by atoms with van der Waals surface area (Å²) in [6.07, 6.45) is 0.743. The number of hydrogen-bond acceptors (Lipinski definition) is 13. The molecule has 0 radical (unpaired) electrons. The molecule has 292 valence electrons. The zero-order valence-electron chi connectivity index (χ0n) is 30.7. The van der Waals surface area contributed by atoms with Crippen molar-refractivity contribution >= 4 is 69.0 Å². The quantitative estimate of drug-likeness (QED) is 0.0619. The lowest BCUT2D eigenvalue weighted by Crippen LogP contribution is -2.68. The molecule has 6 rings (SSSR count). The first-order chi connectivity index (χ1) is 26.0. The molecule has 0 aromatic heterocycles. The fraction of sp³-hybridized carbons (Fsp3) is 0.541. The van der Waals surface area contributed by atoms with E-state index >= 15 is 0 Å². The van der Waals surface area contributed by atoms with Gasteiger partial charge in [-0.25, -0.2) is 9.59 Å². The Balaban J connectivity index is 1.53. The summed E-state index contributed by atoms with van der Waals surface area (Å²) in [6, 6.07) is 2.42. The van der Waals surface area contributed by atoms with E-state index in [9.17, 15) is 14.9 Å². The predicted octanol–water partition coefficient (Wildman–Crippen LogP) is 6.07. The number of carbonyl (C=O) groups is 2. The van der Waals surface area contributed by atoms with Crippen LogP contribution in [-0.2, 0) is 27.1 Å². The first-order valence-electron chi connectivity index (χ1n) is 17.3. The van der Waals surface area contributed by atoms with E-state index in [-0.39, 0.29) is 51.2 Å². The highest BCUT2D eigenvalue weighted by Crippen LogP contribution is 2.58. The zero-order chi connectivity index (χ0) is 38.9. The molecule has 0 aliphatic carbocycles. The van der Waals surface area contributed by atoms with Crippen molar-refractivity contribution in [3.8, 4) is 34.8 Å². The normalized spacial score (nSPS) is 22.5. The number of halogens is 3. The van der Waals surface area contributed by atoms with Gasteiger partial charge in [-0.1, -0.05) is 63.9 Å². The van der Waals surface area contributed by atoms with Crippen molar-refractivity contribution in [3.63, 3.8) is 0 Å². The van der Waals surface area contributed by atoms with Crippen LogP contribution in [0.4, 0.5) is 9.59 Å².